The Morgan fingerprint density at radius 1 is 1.39 bits per heavy atom. The van der Waals surface area contributed by atoms with Gasteiger partial charge in [0.25, 0.3) is 10.0 Å². The molecule has 2 heterocycles. The van der Waals surface area contributed by atoms with Crippen molar-refractivity contribution in [1.82, 2.24) is 9.78 Å². The SMILES string of the molecule is CCN(c1ccc(O)cc1)S(=O)(=O)c1cnn([C@@H]2CCOC2)c1. The molecule has 1 atom stereocenters. The van der Waals surface area contributed by atoms with Gasteiger partial charge in [-0.3, -0.25) is 8.99 Å². The third kappa shape index (κ3) is 3.04. The first-order valence-corrected chi connectivity index (χ1v) is 8.90. The molecule has 124 valence electrons. The minimum atomic E-state index is -3.70. The Kier molecular flexibility index (Phi) is 4.27. The lowest BCUT2D eigenvalue weighted by molar-refractivity contribution is 0.184. The number of aromatic nitrogens is 2. The number of ether oxygens (including phenoxy) is 1. The molecule has 8 heteroatoms. The minimum absolute atomic E-state index is 0.0858. The maximum atomic E-state index is 12.9. The van der Waals surface area contributed by atoms with Crippen molar-refractivity contribution < 1.29 is 18.3 Å². The zero-order valence-electron chi connectivity index (χ0n) is 12.8. The molecule has 1 aliphatic heterocycles. The number of nitrogens with zero attached hydrogens (tertiary/aromatic N) is 3. The summed E-state index contributed by atoms with van der Waals surface area (Å²) in [5.41, 5.74) is 0.502. The van der Waals surface area contributed by atoms with Crippen LogP contribution in [0, 0.1) is 0 Å². The van der Waals surface area contributed by atoms with E-state index in [0.29, 0.717) is 18.9 Å². The molecule has 1 N–H and O–H groups in total. The second kappa shape index (κ2) is 6.21. The van der Waals surface area contributed by atoms with Gasteiger partial charge in [-0.1, -0.05) is 0 Å². The summed E-state index contributed by atoms with van der Waals surface area (Å²) in [6.45, 7) is 3.27. The van der Waals surface area contributed by atoms with Gasteiger partial charge in [0.2, 0.25) is 0 Å². The molecular weight excluding hydrogens is 318 g/mol. The summed E-state index contributed by atoms with van der Waals surface area (Å²) in [4.78, 5) is 0.152. The smallest absolute Gasteiger partial charge is 0.267 e. The van der Waals surface area contributed by atoms with Crippen molar-refractivity contribution >= 4 is 15.7 Å². The van der Waals surface area contributed by atoms with E-state index in [1.165, 1.54) is 22.6 Å². The van der Waals surface area contributed by atoms with Crippen LogP contribution in [-0.2, 0) is 14.8 Å². The summed E-state index contributed by atoms with van der Waals surface area (Å²) >= 11 is 0. The number of anilines is 1. The van der Waals surface area contributed by atoms with Crippen LogP contribution in [-0.4, -0.2) is 43.1 Å². The van der Waals surface area contributed by atoms with Crippen LogP contribution >= 0.6 is 0 Å². The van der Waals surface area contributed by atoms with E-state index in [2.05, 4.69) is 5.10 Å². The van der Waals surface area contributed by atoms with E-state index in [0.717, 1.165) is 6.42 Å². The van der Waals surface area contributed by atoms with Crippen LogP contribution in [0.3, 0.4) is 0 Å². The van der Waals surface area contributed by atoms with E-state index in [9.17, 15) is 13.5 Å². The fraction of sp³-hybridized carbons (Fsp3) is 0.400. The van der Waals surface area contributed by atoms with Gasteiger partial charge in [-0.15, -0.1) is 0 Å². The third-order valence-corrected chi connectivity index (χ3v) is 5.73. The molecule has 1 saturated heterocycles. The highest BCUT2D eigenvalue weighted by atomic mass is 32.2. The third-order valence-electron chi connectivity index (χ3n) is 3.87. The van der Waals surface area contributed by atoms with Crippen molar-refractivity contribution in [3.63, 3.8) is 0 Å². The Labute approximate surface area is 135 Å². The number of rotatable bonds is 5. The van der Waals surface area contributed by atoms with Crippen LogP contribution in [0.1, 0.15) is 19.4 Å². The van der Waals surface area contributed by atoms with Crippen molar-refractivity contribution in [2.45, 2.75) is 24.3 Å². The van der Waals surface area contributed by atoms with Gasteiger partial charge in [-0.2, -0.15) is 5.10 Å². The fourth-order valence-corrected chi connectivity index (χ4v) is 4.04. The van der Waals surface area contributed by atoms with Crippen molar-refractivity contribution in [2.24, 2.45) is 0 Å². The number of aromatic hydroxyl groups is 1. The molecule has 0 spiro atoms. The molecular formula is C15H19N3O4S. The lowest BCUT2D eigenvalue weighted by Gasteiger charge is -2.22. The molecule has 0 amide bonds. The number of benzene rings is 1. The molecule has 0 bridgehead atoms. The zero-order valence-corrected chi connectivity index (χ0v) is 13.6. The summed E-state index contributed by atoms with van der Waals surface area (Å²) in [6, 6.07) is 6.17. The largest absolute Gasteiger partial charge is 0.508 e. The normalized spacial score (nSPS) is 18.2. The predicted molar refractivity (Wildman–Crippen MR) is 85.0 cm³/mol. The van der Waals surface area contributed by atoms with Crippen LogP contribution in [0.5, 0.6) is 5.75 Å². The molecule has 23 heavy (non-hydrogen) atoms. The van der Waals surface area contributed by atoms with E-state index in [4.69, 9.17) is 4.74 Å². The van der Waals surface area contributed by atoms with Crippen molar-refractivity contribution in [2.75, 3.05) is 24.1 Å². The monoisotopic (exact) mass is 337 g/mol. The Balaban J connectivity index is 1.91. The quantitative estimate of drug-likeness (QED) is 0.899. The zero-order chi connectivity index (χ0) is 16.4. The second-order valence-corrected chi connectivity index (χ2v) is 7.22. The van der Waals surface area contributed by atoms with E-state index in [1.54, 1.807) is 29.9 Å². The highest BCUT2D eigenvalue weighted by Crippen LogP contribution is 2.26. The number of hydrogen-bond acceptors (Lipinski definition) is 5. The van der Waals surface area contributed by atoms with E-state index >= 15 is 0 Å². The lowest BCUT2D eigenvalue weighted by atomic mass is 10.3. The number of hydrogen-bond donors (Lipinski definition) is 1. The van der Waals surface area contributed by atoms with Gasteiger partial charge in [-0.05, 0) is 37.6 Å². The van der Waals surface area contributed by atoms with Gasteiger partial charge in [0, 0.05) is 19.3 Å². The topological polar surface area (TPSA) is 84.7 Å². The first kappa shape index (κ1) is 15.8. The summed E-state index contributed by atoms with van der Waals surface area (Å²) in [7, 11) is -3.70. The molecule has 7 nitrogen and oxygen atoms in total. The van der Waals surface area contributed by atoms with Crippen LogP contribution < -0.4 is 4.31 Å². The Morgan fingerprint density at radius 3 is 2.74 bits per heavy atom. The first-order chi connectivity index (χ1) is 11.0. The second-order valence-electron chi connectivity index (χ2n) is 5.36. The average molecular weight is 337 g/mol. The maximum absolute atomic E-state index is 12.9. The molecule has 0 saturated carbocycles. The maximum Gasteiger partial charge on any atom is 0.267 e. The molecule has 1 fully saturated rings. The average Bonchev–Trinajstić information content (AvgIpc) is 3.21. The molecule has 3 rings (SSSR count). The van der Waals surface area contributed by atoms with Gasteiger partial charge in [0.1, 0.15) is 10.6 Å². The van der Waals surface area contributed by atoms with Crippen molar-refractivity contribution in [3.8, 4) is 5.75 Å². The van der Waals surface area contributed by atoms with Crippen LogP contribution in [0.25, 0.3) is 0 Å². The summed E-state index contributed by atoms with van der Waals surface area (Å²) < 4.78 is 34.0. The molecule has 1 aliphatic rings. The molecule has 0 aliphatic carbocycles. The number of phenols is 1. The minimum Gasteiger partial charge on any atom is -0.508 e. The standard InChI is InChI=1S/C15H19N3O4S/c1-2-18(12-3-5-14(19)6-4-12)23(20,21)15-9-16-17(10-15)13-7-8-22-11-13/h3-6,9-10,13,19H,2,7-8,11H2,1H3/t13-/m1/s1. The number of phenolic OH excluding ortho intramolecular Hbond substituents is 1. The summed E-state index contributed by atoms with van der Waals surface area (Å²) in [6.07, 6.45) is 3.76. The lowest BCUT2D eigenvalue weighted by Crippen LogP contribution is -2.30. The molecule has 2 aromatic rings. The fourth-order valence-electron chi connectivity index (χ4n) is 2.62. The molecule has 1 aromatic heterocycles. The Hall–Kier alpha value is -2.06. The van der Waals surface area contributed by atoms with E-state index < -0.39 is 10.0 Å². The van der Waals surface area contributed by atoms with E-state index in [1.807, 2.05) is 0 Å². The van der Waals surface area contributed by atoms with Gasteiger partial charge < -0.3 is 9.84 Å². The predicted octanol–water partition coefficient (Wildman–Crippen LogP) is 1.77. The molecule has 0 unspecified atom stereocenters. The van der Waals surface area contributed by atoms with Gasteiger partial charge in [-0.25, -0.2) is 8.42 Å². The van der Waals surface area contributed by atoms with Crippen molar-refractivity contribution in [1.29, 1.82) is 0 Å². The Bertz CT molecular complexity index is 764. The van der Waals surface area contributed by atoms with Crippen LogP contribution in [0.4, 0.5) is 5.69 Å². The van der Waals surface area contributed by atoms with Gasteiger partial charge >= 0.3 is 0 Å². The highest BCUT2D eigenvalue weighted by Gasteiger charge is 2.27. The molecule has 0 radical (unpaired) electrons. The number of sulfonamides is 1. The van der Waals surface area contributed by atoms with Gasteiger partial charge in [0.15, 0.2) is 0 Å². The highest BCUT2D eigenvalue weighted by molar-refractivity contribution is 7.92. The van der Waals surface area contributed by atoms with Crippen LogP contribution in [0.15, 0.2) is 41.6 Å². The summed E-state index contributed by atoms with van der Waals surface area (Å²) in [5.74, 6) is 0.0938. The van der Waals surface area contributed by atoms with Gasteiger partial charge in [0.05, 0.1) is 24.5 Å². The Morgan fingerprint density at radius 2 is 2.13 bits per heavy atom. The van der Waals surface area contributed by atoms with E-state index in [-0.39, 0.29) is 23.2 Å². The molecule has 1 aromatic carbocycles. The van der Waals surface area contributed by atoms with Crippen LogP contribution in [0.2, 0.25) is 0 Å². The van der Waals surface area contributed by atoms with Crippen molar-refractivity contribution in [3.05, 3.63) is 36.7 Å². The first-order valence-electron chi connectivity index (χ1n) is 7.46. The summed E-state index contributed by atoms with van der Waals surface area (Å²) in [5, 5.41) is 13.5.